The summed E-state index contributed by atoms with van der Waals surface area (Å²) in [4.78, 5) is 21.6. The van der Waals surface area contributed by atoms with E-state index in [0.29, 0.717) is 5.56 Å². The SMILES string of the molecule is O=C(O)CSCC(=O)NCc1cc(Br)ccc1F. The molecule has 0 saturated carbocycles. The summed E-state index contributed by atoms with van der Waals surface area (Å²) in [6.07, 6.45) is 0. The fourth-order valence-electron chi connectivity index (χ4n) is 1.15. The Labute approximate surface area is 116 Å². The first-order valence-corrected chi connectivity index (χ1v) is 6.94. The molecule has 0 aliphatic carbocycles. The van der Waals surface area contributed by atoms with Crippen LogP contribution in [0.3, 0.4) is 0 Å². The molecule has 0 bridgehead atoms. The fourth-order valence-corrected chi connectivity index (χ4v) is 2.13. The average molecular weight is 336 g/mol. The van der Waals surface area contributed by atoms with Crippen LogP contribution in [0.25, 0.3) is 0 Å². The van der Waals surface area contributed by atoms with Gasteiger partial charge in [-0.2, -0.15) is 0 Å². The number of rotatable bonds is 6. The van der Waals surface area contributed by atoms with Crippen LogP contribution in [0.5, 0.6) is 0 Å². The van der Waals surface area contributed by atoms with E-state index in [2.05, 4.69) is 21.2 Å². The predicted molar refractivity (Wildman–Crippen MR) is 70.9 cm³/mol. The number of amides is 1. The number of thioether (sulfide) groups is 1. The van der Waals surface area contributed by atoms with Crippen LogP contribution in [0.15, 0.2) is 22.7 Å². The van der Waals surface area contributed by atoms with Gasteiger partial charge in [-0.15, -0.1) is 11.8 Å². The molecule has 1 amide bonds. The molecule has 4 nitrogen and oxygen atoms in total. The molecule has 0 aromatic heterocycles. The first-order valence-electron chi connectivity index (χ1n) is 4.99. The maximum Gasteiger partial charge on any atom is 0.313 e. The molecule has 1 aromatic rings. The van der Waals surface area contributed by atoms with Crippen molar-refractivity contribution in [3.8, 4) is 0 Å². The maximum atomic E-state index is 13.3. The van der Waals surface area contributed by atoms with Crippen LogP contribution in [0, 0.1) is 5.82 Å². The smallest absolute Gasteiger partial charge is 0.313 e. The van der Waals surface area contributed by atoms with Gasteiger partial charge in [0.05, 0.1) is 11.5 Å². The quantitative estimate of drug-likeness (QED) is 0.834. The highest BCUT2D eigenvalue weighted by atomic mass is 79.9. The number of carboxylic acid groups (broad SMARTS) is 1. The molecule has 1 rings (SSSR count). The minimum Gasteiger partial charge on any atom is -0.481 e. The lowest BCUT2D eigenvalue weighted by Gasteiger charge is -2.06. The van der Waals surface area contributed by atoms with Crippen molar-refractivity contribution >= 4 is 39.6 Å². The van der Waals surface area contributed by atoms with Crippen LogP contribution in [0.1, 0.15) is 5.56 Å². The first kappa shape index (κ1) is 15.0. The monoisotopic (exact) mass is 335 g/mol. The van der Waals surface area contributed by atoms with Crippen molar-refractivity contribution in [3.63, 3.8) is 0 Å². The molecule has 0 atom stereocenters. The topological polar surface area (TPSA) is 66.4 Å². The van der Waals surface area contributed by atoms with Crippen molar-refractivity contribution in [1.29, 1.82) is 0 Å². The number of hydrogen-bond donors (Lipinski definition) is 2. The zero-order valence-electron chi connectivity index (χ0n) is 9.28. The largest absolute Gasteiger partial charge is 0.481 e. The van der Waals surface area contributed by atoms with Crippen molar-refractivity contribution in [3.05, 3.63) is 34.1 Å². The van der Waals surface area contributed by atoms with Crippen LogP contribution in [-0.2, 0) is 16.1 Å². The summed E-state index contributed by atoms with van der Waals surface area (Å²) in [5, 5.41) is 10.9. The van der Waals surface area contributed by atoms with Crippen molar-refractivity contribution in [2.45, 2.75) is 6.54 Å². The number of nitrogens with one attached hydrogen (secondary N) is 1. The molecule has 0 unspecified atom stereocenters. The Morgan fingerprint density at radius 1 is 1.39 bits per heavy atom. The van der Waals surface area contributed by atoms with Crippen molar-refractivity contribution in [1.82, 2.24) is 5.32 Å². The van der Waals surface area contributed by atoms with E-state index in [-0.39, 0.29) is 24.0 Å². The second-order valence-corrected chi connectivity index (χ2v) is 5.30. The van der Waals surface area contributed by atoms with E-state index in [0.717, 1.165) is 16.2 Å². The lowest BCUT2D eigenvalue weighted by atomic mass is 10.2. The summed E-state index contributed by atoms with van der Waals surface area (Å²) in [7, 11) is 0. The zero-order valence-corrected chi connectivity index (χ0v) is 11.7. The van der Waals surface area contributed by atoms with Gasteiger partial charge in [0.2, 0.25) is 5.91 Å². The molecule has 1 aromatic carbocycles. The number of carbonyl (C=O) groups excluding carboxylic acids is 1. The Morgan fingerprint density at radius 2 is 2.11 bits per heavy atom. The number of hydrogen-bond acceptors (Lipinski definition) is 3. The van der Waals surface area contributed by atoms with Gasteiger partial charge in [0.15, 0.2) is 0 Å². The molecule has 0 fully saturated rings. The van der Waals surface area contributed by atoms with E-state index >= 15 is 0 Å². The lowest BCUT2D eigenvalue weighted by molar-refractivity contribution is -0.133. The normalized spacial score (nSPS) is 10.1. The second-order valence-electron chi connectivity index (χ2n) is 3.40. The van der Waals surface area contributed by atoms with Gasteiger partial charge in [-0.1, -0.05) is 15.9 Å². The van der Waals surface area contributed by atoms with E-state index in [1.54, 1.807) is 12.1 Å². The third kappa shape index (κ3) is 5.50. The van der Waals surface area contributed by atoms with E-state index in [4.69, 9.17) is 5.11 Å². The standard InChI is InChI=1S/C11H11BrFNO3S/c12-8-1-2-9(13)7(3-8)4-14-10(15)5-18-6-11(16)17/h1-3H,4-6H2,(H,14,15)(H,16,17). The molecule has 0 spiro atoms. The molecule has 98 valence electrons. The Balaban J connectivity index is 2.38. The highest BCUT2D eigenvalue weighted by molar-refractivity contribution is 9.10. The summed E-state index contributed by atoms with van der Waals surface area (Å²) >= 11 is 4.21. The van der Waals surface area contributed by atoms with Gasteiger partial charge in [0.25, 0.3) is 0 Å². The Kier molecular flexibility index (Phi) is 6.14. The second kappa shape index (κ2) is 7.38. The lowest BCUT2D eigenvalue weighted by Crippen LogP contribution is -2.25. The highest BCUT2D eigenvalue weighted by Gasteiger charge is 2.07. The number of halogens is 2. The Hall–Kier alpha value is -1.08. The number of carboxylic acids is 1. The van der Waals surface area contributed by atoms with E-state index in [1.807, 2.05) is 0 Å². The average Bonchev–Trinajstić information content (AvgIpc) is 2.30. The van der Waals surface area contributed by atoms with Crippen LogP contribution in [0.2, 0.25) is 0 Å². The third-order valence-electron chi connectivity index (χ3n) is 1.94. The number of benzene rings is 1. The summed E-state index contributed by atoms with van der Waals surface area (Å²) in [5.74, 6) is -1.76. The summed E-state index contributed by atoms with van der Waals surface area (Å²) in [5.41, 5.74) is 0.376. The maximum absolute atomic E-state index is 13.3. The van der Waals surface area contributed by atoms with Gasteiger partial charge >= 0.3 is 5.97 Å². The summed E-state index contributed by atoms with van der Waals surface area (Å²) in [6, 6.07) is 4.47. The van der Waals surface area contributed by atoms with Crippen LogP contribution >= 0.6 is 27.7 Å². The molecule has 0 aliphatic heterocycles. The summed E-state index contributed by atoms with van der Waals surface area (Å²) in [6.45, 7) is 0.0811. The van der Waals surface area contributed by atoms with Crippen molar-refractivity contribution in [2.75, 3.05) is 11.5 Å². The van der Waals surface area contributed by atoms with Gasteiger partial charge in [0, 0.05) is 16.6 Å². The van der Waals surface area contributed by atoms with Crippen LogP contribution in [0.4, 0.5) is 4.39 Å². The minimum atomic E-state index is -0.967. The first-order chi connectivity index (χ1) is 8.49. The highest BCUT2D eigenvalue weighted by Crippen LogP contribution is 2.15. The fraction of sp³-hybridized carbons (Fsp3) is 0.273. The van der Waals surface area contributed by atoms with Crippen LogP contribution in [-0.4, -0.2) is 28.5 Å². The molecule has 7 heteroatoms. The molecular formula is C11H11BrFNO3S. The molecule has 0 radical (unpaired) electrons. The molecule has 0 aliphatic rings. The van der Waals surface area contributed by atoms with Gasteiger partial charge in [0.1, 0.15) is 5.82 Å². The number of aliphatic carboxylic acids is 1. The van der Waals surface area contributed by atoms with Gasteiger partial charge in [-0.25, -0.2) is 4.39 Å². The van der Waals surface area contributed by atoms with Crippen LogP contribution < -0.4 is 5.32 Å². The minimum absolute atomic E-state index is 0.0436. The number of carbonyl (C=O) groups is 2. The molecule has 0 saturated heterocycles. The van der Waals surface area contributed by atoms with Gasteiger partial charge < -0.3 is 10.4 Å². The van der Waals surface area contributed by atoms with E-state index in [1.165, 1.54) is 6.07 Å². The van der Waals surface area contributed by atoms with E-state index in [9.17, 15) is 14.0 Å². The molecular weight excluding hydrogens is 325 g/mol. The Morgan fingerprint density at radius 3 is 2.78 bits per heavy atom. The van der Waals surface area contributed by atoms with Crippen molar-refractivity contribution in [2.24, 2.45) is 0 Å². The molecule has 18 heavy (non-hydrogen) atoms. The third-order valence-corrected chi connectivity index (χ3v) is 3.35. The summed E-state index contributed by atoms with van der Waals surface area (Å²) < 4.78 is 14.1. The van der Waals surface area contributed by atoms with Crippen molar-refractivity contribution < 1.29 is 19.1 Å². The molecule has 0 heterocycles. The van der Waals surface area contributed by atoms with Gasteiger partial charge in [-0.05, 0) is 18.2 Å². The zero-order chi connectivity index (χ0) is 13.5. The van der Waals surface area contributed by atoms with E-state index < -0.39 is 11.8 Å². The van der Waals surface area contributed by atoms with Gasteiger partial charge in [-0.3, -0.25) is 9.59 Å². The predicted octanol–water partition coefficient (Wildman–Crippen LogP) is 2.02. The Bertz CT molecular complexity index is 456. The molecule has 2 N–H and O–H groups in total.